The molecule has 1 atom stereocenters. The lowest BCUT2D eigenvalue weighted by Gasteiger charge is -2.31. The van der Waals surface area contributed by atoms with E-state index < -0.39 is 0 Å². The van der Waals surface area contributed by atoms with Crippen LogP contribution in [0.15, 0.2) is 90.1 Å². The highest BCUT2D eigenvalue weighted by Crippen LogP contribution is 2.40. The molecule has 1 aromatic heterocycles. The van der Waals surface area contributed by atoms with E-state index in [2.05, 4.69) is 34.3 Å². The zero-order valence-electron chi connectivity index (χ0n) is 16.9. The summed E-state index contributed by atoms with van der Waals surface area (Å²) in [6, 6.07) is 25.5. The number of para-hydroxylation sites is 3. The number of fused-ring (bicyclic) bond motifs is 3. The second-order valence-electron chi connectivity index (χ2n) is 7.54. The van der Waals surface area contributed by atoms with Crippen molar-refractivity contribution in [1.29, 1.82) is 0 Å². The van der Waals surface area contributed by atoms with Gasteiger partial charge in [-0.15, -0.1) is 0 Å². The minimum absolute atomic E-state index is 0.122. The lowest BCUT2D eigenvalue weighted by molar-refractivity contribution is -0.113. The molecule has 0 aliphatic carbocycles. The third kappa shape index (κ3) is 2.95. The van der Waals surface area contributed by atoms with Gasteiger partial charge < -0.3 is 10.6 Å². The molecule has 0 unspecified atom stereocenters. The smallest absolute Gasteiger partial charge is 0.255 e. The molecule has 1 amide bonds. The summed E-state index contributed by atoms with van der Waals surface area (Å²) in [5.74, 6) is 0.626. The third-order valence-electron chi connectivity index (χ3n) is 5.59. The average Bonchev–Trinajstić information content (AvgIpc) is 3.11. The molecule has 2 heterocycles. The van der Waals surface area contributed by atoms with Gasteiger partial charge in [0, 0.05) is 11.4 Å². The molecular weight excluding hydrogens is 372 g/mol. The molecule has 0 radical (unpaired) electrons. The Kier molecular flexibility index (Phi) is 4.36. The summed E-state index contributed by atoms with van der Waals surface area (Å²) >= 11 is 0. The molecule has 5 nitrogen and oxygen atoms in total. The van der Waals surface area contributed by atoms with Gasteiger partial charge in [0.1, 0.15) is 0 Å². The van der Waals surface area contributed by atoms with Crippen LogP contribution in [0.3, 0.4) is 0 Å². The molecule has 0 bridgehead atoms. The predicted molar refractivity (Wildman–Crippen MR) is 120 cm³/mol. The Morgan fingerprint density at radius 3 is 2.43 bits per heavy atom. The van der Waals surface area contributed by atoms with Crippen LogP contribution < -0.4 is 10.6 Å². The highest BCUT2D eigenvalue weighted by atomic mass is 16.1. The van der Waals surface area contributed by atoms with Crippen molar-refractivity contribution in [3.63, 3.8) is 0 Å². The fraction of sp³-hybridized carbons (Fsp3) is 0.120. The van der Waals surface area contributed by atoms with Crippen molar-refractivity contribution < 1.29 is 4.79 Å². The van der Waals surface area contributed by atoms with Crippen LogP contribution in [0.1, 0.15) is 24.1 Å². The molecule has 0 saturated carbocycles. The van der Waals surface area contributed by atoms with Crippen molar-refractivity contribution >= 4 is 28.6 Å². The van der Waals surface area contributed by atoms with Gasteiger partial charge in [0.15, 0.2) is 0 Å². The van der Waals surface area contributed by atoms with Gasteiger partial charge >= 0.3 is 0 Å². The largest absolute Gasteiger partial charge is 0.329 e. The van der Waals surface area contributed by atoms with Crippen molar-refractivity contribution in [1.82, 2.24) is 9.55 Å². The summed E-state index contributed by atoms with van der Waals surface area (Å²) in [7, 11) is 0. The summed E-state index contributed by atoms with van der Waals surface area (Å²) in [6.45, 7) is 4.02. The van der Waals surface area contributed by atoms with Crippen LogP contribution in [0, 0.1) is 6.92 Å². The molecule has 4 aromatic rings. The molecule has 5 heteroatoms. The van der Waals surface area contributed by atoms with Gasteiger partial charge in [0.05, 0.1) is 22.6 Å². The first-order chi connectivity index (χ1) is 14.6. The fourth-order valence-corrected chi connectivity index (χ4v) is 4.17. The first-order valence-electron chi connectivity index (χ1n) is 10.00. The number of nitrogens with one attached hydrogen (secondary N) is 2. The van der Waals surface area contributed by atoms with Crippen LogP contribution in [0.5, 0.6) is 0 Å². The number of aryl methyl sites for hydroxylation is 1. The first kappa shape index (κ1) is 18.2. The maximum absolute atomic E-state index is 13.5. The van der Waals surface area contributed by atoms with Crippen molar-refractivity contribution in [3.05, 3.63) is 101 Å². The Bertz CT molecular complexity index is 1290. The summed E-state index contributed by atoms with van der Waals surface area (Å²) < 4.78 is 2.13. The lowest BCUT2D eigenvalue weighted by Crippen LogP contribution is -2.31. The van der Waals surface area contributed by atoms with Gasteiger partial charge in [-0.3, -0.25) is 9.36 Å². The Hall–Kier alpha value is -3.86. The number of imidazole rings is 1. The normalized spacial score (nSPS) is 15.6. The van der Waals surface area contributed by atoms with Crippen LogP contribution in [0.4, 0.5) is 11.6 Å². The number of hydrogen-bond acceptors (Lipinski definition) is 3. The van der Waals surface area contributed by atoms with E-state index in [1.807, 2.05) is 73.7 Å². The van der Waals surface area contributed by atoms with Crippen LogP contribution in [-0.2, 0) is 4.79 Å². The summed E-state index contributed by atoms with van der Waals surface area (Å²) in [4.78, 5) is 18.3. The number of hydrogen-bond donors (Lipinski definition) is 2. The second kappa shape index (κ2) is 7.19. The molecule has 0 saturated heterocycles. The molecule has 0 spiro atoms. The van der Waals surface area contributed by atoms with Gasteiger partial charge in [-0.05, 0) is 49.2 Å². The molecule has 2 N–H and O–H groups in total. The number of amides is 1. The third-order valence-corrected chi connectivity index (χ3v) is 5.59. The average molecular weight is 394 g/mol. The van der Waals surface area contributed by atoms with Crippen LogP contribution >= 0.6 is 0 Å². The SMILES string of the molecule is CC1=C(C(=O)Nc2ccccc2)[C@H](c2ccccc2C)n2c(nc3ccccc32)N1. The van der Waals surface area contributed by atoms with Crippen molar-refractivity contribution in [2.24, 2.45) is 0 Å². The number of benzene rings is 3. The molecule has 1 aliphatic heterocycles. The zero-order valence-corrected chi connectivity index (χ0v) is 16.9. The molecule has 1 aliphatic rings. The van der Waals surface area contributed by atoms with E-state index in [1.54, 1.807) is 0 Å². The van der Waals surface area contributed by atoms with Gasteiger partial charge in [-0.1, -0.05) is 54.6 Å². The number of rotatable bonds is 3. The Labute approximate surface area is 175 Å². The minimum atomic E-state index is -0.279. The number of anilines is 2. The standard InChI is InChI=1S/C25H22N4O/c1-16-10-6-7-13-19(16)23-22(24(30)27-18-11-4-3-5-12-18)17(2)26-25-28-20-14-8-9-15-21(20)29(23)25/h3-15,23H,1-2H3,(H,26,28)(H,27,30)/t23-/m0/s1. The molecular formula is C25H22N4O. The van der Waals surface area contributed by atoms with E-state index in [0.29, 0.717) is 5.57 Å². The summed E-state index contributed by atoms with van der Waals surface area (Å²) in [5.41, 5.74) is 6.37. The van der Waals surface area contributed by atoms with E-state index in [0.717, 1.165) is 39.5 Å². The summed E-state index contributed by atoms with van der Waals surface area (Å²) in [6.07, 6.45) is 0. The predicted octanol–water partition coefficient (Wildman–Crippen LogP) is 5.27. The monoisotopic (exact) mass is 394 g/mol. The van der Waals surface area contributed by atoms with E-state index in [-0.39, 0.29) is 11.9 Å². The molecule has 148 valence electrons. The molecule has 30 heavy (non-hydrogen) atoms. The highest BCUT2D eigenvalue weighted by molar-refractivity contribution is 6.06. The fourth-order valence-electron chi connectivity index (χ4n) is 4.17. The van der Waals surface area contributed by atoms with Crippen LogP contribution in [0.25, 0.3) is 11.0 Å². The van der Waals surface area contributed by atoms with Crippen LogP contribution in [0.2, 0.25) is 0 Å². The highest BCUT2D eigenvalue weighted by Gasteiger charge is 2.34. The van der Waals surface area contributed by atoms with Crippen molar-refractivity contribution in [2.75, 3.05) is 10.6 Å². The van der Waals surface area contributed by atoms with Crippen molar-refractivity contribution in [2.45, 2.75) is 19.9 Å². The number of aromatic nitrogens is 2. The van der Waals surface area contributed by atoms with Gasteiger partial charge in [0.25, 0.3) is 5.91 Å². The van der Waals surface area contributed by atoms with E-state index >= 15 is 0 Å². The second-order valence-corrected chi connectivity index (χ2v) is 7.54. The Morgan fingerprint density at radius 2 is 1.63 bits per heavy atom. The van der Waals surface area contributed by atoms with Crippen molar-refractivity contribution in [3.8, 4) is 0 Å². The lowest BCUT2D eigenvalue weighted by atomic mass is 9.91. The Morgan fingerprint density at radius 1 is 0.933 bits per heavy atom. The maximum Gasteiger partial charge on any atom is 0.255 e. The number of allylic oxidation sites excluding steroid dienone is 1. The quantitative estimate of drug-likeness (QED) is 0.497. The van der Waals surface area contributed by atoms with E-state index in [9.17, 15) is 4.79 Å². The van der Waals surface area contributed by atoms with Gasteiger partial charge in [-0.2, -0.15) is 0 Å². The molecule has 5 rings (SSSR count). The molecule has 0 fully saturated rings. The van der Waals surface area contributed by atoms with E-state index in [4.69, 9.17) is 4.98 Å². The minimum Gasteiger partial charge on any atom is -0.329 e. The Balaban J connectivity index is 1.70. The summed E-state index contributed by atoms with van der Waals surface area (Å²) in [5, 5.41) is 6.42. The maximum atomic E-state index is 13.5. The first-order valence-corrected chi connectivity index (χ1v) is 10.00. The number of carbonyl (C=O) groups is 1. The topological polar surface area (TPSA) is 59.0 Å². The number of nitrogens with zero attached hydrogens (tertiary/aromatic N) is 2. The molecule has 3 aromatic carbocycles. The number of carbonyl (C=O) groups excluding carboxylic acids is 1. The zero-order chi connectivity index (χ0) is 20.7. The van der Waals surface area contributed by atoms with Gasteiger partial charge in [-0.25, -0.2) is 4.98 Å². The van der Waals surface area contributed by atoms with E-state index in [1.165, 1.54) is 0 Å². The van der Waals surface area contributed by atoms with Gasteiger partial charge in [0.2, 0.25) is 5.95 Å². The van der Waals surface area contributed by atoms with Crippen LogP contribution in [-0.4, -0.2) is 15.5 Å².